The molecule has 0 aliphatic heterocycles. The molecule has 6 nitrogen and oxygen atoms in total. The highest BCUT2D eigenvalue weighted by molar-refractivity contribution is 8.01. The van der Waals surface area contributed by atoms with E-state index in [9.17, 15) is 18.7 Å². The van der Waals surface area contributed by atoms with Crippen LogP contribution in [0.15, 0.2) is 46.9 Å². The van der Waals surface area contributed by atoms with Gasteiger partial charge in [0.15, 0.2) is 5.69 Å². The molecule has 4 aromatic rings. The predicted molar refractivity (Wildman–Crippen MR) is 121 cm³/mol. The molecule has 164 valence electrons. The van der Waals surface area contributed by atoms with E-state index in [-0.39, 0.29) is 10.9 Å². The number of hydrogen-bond acceptors (Lipinski definition) is 6. The Labute approximate surface area is 191 Å². The van der Waals surface area contributed by atoms with E-state index in [4.69, 9.17) is 0 Å². The van der Waals surface area contributed by atoms with Gasteiger partial charge < -0.3 is 5.11 Å². The minimum Gasteiger partial charge on any atom is -0.476 e. The quantitative estimate of drug-likeness (QED) is 0.355. The molecular formula is C22H18F2N4O2S2. The first kappa shape index (κ1) is 22.1. The van der Waals surface area contributed by atoms with E-state index < -0.39 is 17.6 Å². The fourth-order valence-electron chi connectivity index (χ4n) is 3.26. The van der Waals surface area contributed by atoms with Gasteiger partial charge in [-0.1, -0.05) is 37.3 Å². The van der Waals surface area contributed by atoms with Crippen molar-refractivity contribution in [2.24, 2.45) is 0 Å². The van der Waals surface area contributed by atoms with Crippen molar-refractivity contribution in [3.63, 3.8) is 0 Å². The Bertz CT molecular complexity index is 1320. The van der Waals surface area contributed by atoms with Gasteiger partial charge in [0, 0.05) is 22.6 Å². The first-order valence-corrected chi connectivity index (χ1v) is 11.3. The van der Waals surface area contributed by atoms with Crippen LogP contribution in [0.1, 0.15) is 30.0 Å². The van der Waals surface area contributed by atoms with Gasteiger partial charge in [0.2, 0.25) is 5.13 Å². The highest BCUT2D eigenvalue weighted by Crippen LogP contribution is 2.40. The Morgan fingerprint density at radius 1 is 1.16 bits per heavy atom. The van der Waals surface area contributed by atoms with Crippen LogP contribution in [0.25, 0.3) is 27.5 Å². The molecule has 3 aromatic heterocycles. The van der Waals surface area contributed by atoms with Crippen molar-refractivity contribution >= 4 is 29.1 Å². The zero-order valence-electron chi connectivity index (χ0n) is 17.3. The predicted octanol–water partition coefficient (Wildman–Crippen LogP) is 5.84. The maximum atomic E-state index is 13.8. The molecule has 0 spiro atoms. The number of aromatic carboxylic acids is 1. The molecule has 1 N–H and O–H groups in total. The van der Waals surface area contributed by atoms with Crippen molar-refractivity contribution < 1.29 is 18.7 Å². The van der Waals surface area contributed by atoms with E-state index in [1.807, 2.05) is 13.8 Å². The second-order valence-corrected chi connectivity index (χ2v) is 10.0. The average molecular weight is 473 g/mol. The van der Waals surface area contributed by atoms with Crippen molar-refractivity contribution in [3.05, 3.63) is 65.7 Å². The molecule has 0 aliphatic carbocycles. The first-order valence-electron chi connectivity index (χ1n) is 9.62. The lowest BCUT2D eigenvalue weighted by Gasteiger charge is -2.04. The Morgan fingerprint density at radius 2 is 1.91 bits per heavy atom. The van der Waals surface area contributed by atoms with Crippen LogP contribution in [0.3, 0.4) is 0 Å². The molecule has 0 fully saturated rings. The zero-order chi connectivity index (χ0) is 23.0. The molecule has 0 bridgehead atoms. The van der Waals surface area contributed by atoms with E-state index in [0.29, 0.717) is 33.2 Å². The van der Waals surface area contributed by atoms with Gasteiger partial charge in [-0.05, 0) is 30.7 Å². The van der Waals surface area contributed by atoms with Crippen LogP contribution in [-0.2, 0) is 0 Å². The zero-order valence-corrected chi connectivity index (χ0v) is 19.0. The first-order chi connectivity index (χ1) is 15.2. The molecule has 0 amide bonds. The summed E-state index contributed by atoms with van der Waals surface area (Å²) in [6.07, 6.45) is 2.62. The summed E-state index contributed by atoms with van der Waals surface area (Å²) >= 11 is 2.79. The van der Waals surface area contributed by atoms with Gasteiger partial charge in [-0.25, -0.2) is 18.6 Å². The molecule has 1 aromatic carbocycles. The van der Waals surface area contributed by atoms with E-state index in [1.54, 1.807) is 13.0 Å². The van der Waals surface area contributed by atoms with Crippen molar-refractivity contribution in [3.8, 4) is 27.5 Å². The third kappa shape index (κ3) is 4.28. The van der Waals surface area contributed by atoms with Crippen LogP contribution in [0.4, 0.5) is 8.78 Å². The van der Waals surface area contributed by atoms with Crippen molar-refractivity contribution in [1.82, 2.24) is 19.7 Å². The highest BCUT2D eigenvalue weighted by atomic mass is 32.2. The lowest BCUT2D eigenvalue weighted by molar-refractivity contribution is 0.0688. The van der Waals surface area contributed by atoms with Gasteiger partial charge in [0.1, 0.15) is 11.6 Å². The maximum Gasteiger partial charge on any atom is 0.355 e. The van der Waals surface area contributed by atoms with Crippen LogP contribution in [-0.4, -0.2) is 36.1 Å². The number of carboxylic acid groups (broad SMARTS) is 1. The Balaban J connectivity index is 1.92. The lowest BCUT2D eigenvalue weighted by atomic mass is 10.0. The normalized spacial score (nSPS) is 11.3. The largest absolute Gasteiger partial charge is 0.476 e. The number of hydrogen-bond donors (Lipinski definition) is 1. The fraction of sp³-hybridized carbons (Fsp3) is 0.182. The molecule has 3 heterocycles. The van der Waals surface area contributed by atoms with E-state index in [2.05, 4.69) is 15.1 Å². The topological polar surface area (TPSA) is 80.9 Å². The monoisotopic (exact) mass is 472 g/mol. The van der Waals surface area contributed by atoms with Crippen LogP contribution in [0.2, 0.25) is 0 Å². The number of rotatable bonds is 6. The maximum absolute atomic E-state index is 13.8. The number of thioether (sulfide) groups is 1. The third-order valence-electron chi connectivity index (χ3n) is 4.46. The number of carboxylic acids is 1. The number of aryl methyl sites for hydroxylation is 1. The lowest BCUT2D eigenvalue weighted by Crippen LogP contribution is -2.09. The number of aromatic nitrogens is 4. The number of carbonyl (C=O) groups is 1. The summed E-state index contributed by atoms with van der Waals surface area (Å²) in [6.45, 7) is 5.69. The second kappa shape index (κ2) is 8.79. The van der Waals surface area contributed by atoms with E-state index >= 15 is 0 Å². The Hall–Kier alpha value is -3.11. The van der Waals surface area contributed by atoms with Gasteiger partial charge in [0.05, 0.1) is 21.8 Å². The SMILES string of the molecule is Cc1nn(-c2nc(-c3cncc(F)c3)c(SC(C)C)s2)c(C(=O)O)c1-c1cccc(F)c1. The summed E-state index contributed by atoms with van der Waals surface area (Å²) in [7, 11) is 0. The van der Waals surface area contributed by atoms with E-state index in [0.717, 1.165) is 10.4 Å². The minimum atomic E-state index is -1.22. The molecule has 10 heteroatoms. The number of halogens is 2. The minimum absolute atomic E-state index is 0.119. The molecule has 0 saturated heterocycles. The fourth-order valence-corrected chi connectivity index (χ4v) is 5.73. The molecule has 32 heavy (non-hydrogen) atoms. The summed E-state index contributed by atoms with van der Waals surface area (Å²) in [5.74, 6) is -2.18. The molecule has 0 radical (unpaired) electrons. The second-order valence-electron chi connectivity index (χ2n) is 7.23. The van der Waals surface area contributed by atoms with E-state index in [1.165, 1.54) is 58.2 Å². The summed E-state index contributed by atoms with van der Waals surface area (Å²) in [4.78, 5) is 20.7. The van der Waals surface area contributed by atoms with Crippen LogP contribution in [0, 0.1) is 18.6 Å². The molecule has 0 aliphatic rings. The van der Waals surface area contributed by atoms with Crippen LogP contribution in [0.5, 0.6) is 0 Å². The molecule has 0 unspecified atom stereocenters. The van der Waals surface area contributed by atoms with Gasteiger partial charge in [0.25, 0.3) is 0 Å². The number of pyridine rings is 1. The van der Waals surface area contributed by atoms with Gasteiger partial charge in [-0.15, -0.1) is 11.8 Å². The highest BCUT2D eigenvalue weighted by Gasteiger charge is 2.27. The molecule has 0 atom stereocenters. The number of nitrogens with zero attached hydrogens (tertiary/aromatic N) is 4. The summed E-state index contributed by atoms with van der Waals surface area (Å²) in [5.41, 5.74) is 2.03. The van der Waals surface area contributed by atoms with Gasteiger partial charge in [-0.2, -0.15) is 9.78 Å². The van der Waals surface area contributed by atoms with Gasteiger partial charge >= 0.3 is 5.97 Å². The Morgan fingerprint density at radius 3 is 2.56 bits per heavy atom. The number of thiazole rings is 1. The smallest absolute Gasteiger partial charge is 0.355 e. The van der Waals surface area contributed by atoms with Crippen LogP contribution >= 0.6 is 23.1 Å². The van der Waals surface area contributed by atoms with Gasteiger partial charge in [-0.3, -0.25) is 4.98 Å². The van der Waals surface area contributed by atoms with Crippen molar-refractivity contribution in [2.45, 2.75) is 30.2 Å². The molecular weight excluding hydrogens is 454 g/mol. The Kier molecular flexibility index (Phi) is 6.07. The summed E-state index contributed by atoms with van der Waals surface area (Å²) in [6, 6.07) is 7.05. The van der Waals surface area contributed by atoms with Crippen LogP contribution < -0.4 is 0 Å². The standard InChI is InChI=1S/C22H18F2N4O2S2/c1-11(2)31-21-18(14-8-16(24)10-25-9-14)26-22(32-21)28-19(20(29)30)17(12(3)27-28)13-5-4-6-15(23)7-13/h4-11H,1-3H3,(H,29,30). The molecule has 0 saturated carbocycles. The summed E-state index contributed by atoms with van der Waals surface area (Å²) in [5, 5.41) is 14.9. The average Bonchev–Trinajstić information content (AvgIpc) is 3.28. The third-order valence-corrected chi connectivity index (χ3v) is 6.71. The number of benzene rings is 1. The molecule has 4 rings (SSSR count). The summed E-state index contributed by atoms with van der Waals surface area (Å²) < 4.78 is 29.7. The van der Waals surface area contributed by atoms with Crippen molar-refractivity contribution in [1.29, 1.82) is 0 Å². The van der Waals surface area contributed by atoms with Crippen molar-refractivity contribution in [2.75, 3.05) is 0 Å².